The highest BCUT2D eigenvalue weighted by molar-refractivity contribution is 7.92. The molecule has 0 aliphatic rings. The van der Waals surface area contributed by atoms with Gasteiger partial charge in [-0.15, -0.1) is 11.3 Å². The molecule has 6 nitrogen and oxygen atoms in total. The molecular formula is C22H13ClF2N4O2S2. The summed E-state index contributed by atoms with van der Waals surface area (Å²) in [5, 5.41) is 17.9. The smallest absolute Gasteiger partial charge is 0.184 e. The summed E-state index contributed by atoms with van der Waals surface area (Å²) in [6, 6.07) is 9.28. The Morgan fingerprint density at radius 3 is 2.67 bits per heavy atom. The second-order valence-corrected chi connectivity index (χ2v) is 10.7. The molecule has 0 aliphatic heterocycles. The number of hydrogen-bond acceptors (Lipinski definition) is 6. The number of hydrogen-bond donors (Lipinski definition) is 1. The first-order valence-electron chi connectivity index (χ1n) is 9.21. The topological polar surface area (TPSA) is 99.1 Å². The van der Waals surface area contributed by atoms with Crippen molar-refractivity contribution < 1.29 is 17.2 Å². The summed E-state index contributed by atoms with van der Waals surface area (Å²) in [6.07, 6.45) is 5.29. The molecule has 3 heterocycles. The van der Waals surface area contributed by atoms with E-state index in [0.717, 1.165) is 35.8 Å². The molecule has 0 radical (unpaired) electrons. The molecule has 0 unspecified atom stereocenters. The van der Waals surface area contributed by atoms with Crippen LogP contribution in [0.4, 0.5) is 8.78 Å². The van der Waals surface area contributed by atoms with Crippen LogP contribution in [0.1, 0.15) is 11.1 Å². The molecule has 11 heteroatoms. The fourth-order valence-electron chi connectivity index (χ4n) is 3.23. The van der Waals surface area contributed by atoms with Crippen LogP contribution in [0.5, 0.6) is 0 Å². The van der Waals surface area contributed by atoms with Crippen molar-refractivity contribution in [2.45, 2.75) is 4.21 Å². The lowest BCUT2D eigenvalue weighted by molar-refractivity contribution is 0.582. The van der Waals surface area contributed by atoms with E-state index in [1.165, 1.54) is 18.3 Å². The summed E-state index contributed by atoms with van der Waals surface area (Å²) >= 11 is 7.47. The zero-order valence-corrected chi connectivity index (χ0v) is 19.2. The Labute approximate surface area is 196 Å². The van der Waals surface area contributed by atoms with Crippen molar-refractivity contribution >= 4 is 49.7 Å². The van der Waals surface area contributed by atoms with E-state index < -0.39 is 21.5 Å². The Kier molecular flexibility index (Phi) is 5.88. The third kappa shape index (κ3) is 4.30. The van der Waals surface area contributed by atoms with Crippen LogP contribution in [0.2, 0.25) is 5.02 Å². The number of thiophene rings is 1. The van der Waals surface area contributed by atoms with Crippen LogP contribution < -0.4 is 0 Å². The minimum absolute atomic E-state index is 0.0643. The van der Waals surface area contributed by atoms with E-state index in [0.29, 0.717) is 27.8 Å². The number of benzene rings is 1. The van der Waals surface area contributed by atoms with Gasteiger partial charge in [-0.3, -0.25) is 9.81 Å². The first kappa shape index (κ1) is 22.8. The minimum Gasteiger partial charge on any atom is -0.299 e. The molecule has 0 spiro atoms. The summed E-state index contributed by atoms with van der Waals surface area (Å²) < 4.78 is 53.1. The van der Waals surface area contributed by atoms with E-state index in [9.17, 15) is 22.5 Å². The highest BCUT2D eigenvalue weighted by Gasteiger charge is 2.20. The number of fused-ring (bicyclic) bond motifs is 1. The van der Waals surface area contributed by atoms with Gasteiger partial charge in [0, 0.05) is 41.3 Å². The van der Waals surface area contributed by atoms with E-state index in [1.807, 2.05) is 6.07 Å². The van der Waals surface area contributed by atoms with Crippen LogP contribution in [-0.2, 0) is 9.84 Å². The average molecular weight is 503 g/mol. The SMILES string of the molecule is CS(=O)(=O)c1ccc(-c2cnc3c(Cl)cc(/C(=C/C#N)C(=N)c4ccc(F)cc4F)cn23)s1. The second-order valence-electron chi connectivity index (χ2n) is 6.99. The molecule has 0 amide bonds. The maximum absolute atomic E-state index is 14.3. The summed E-state index contributed by atoms with van der Waals surface area (Å²) in [7, 11) is -3.39. The third-order valence-electron chi connectivity index (χ3n) is 4.75. The number of nitrogens with one attached hydrogen (secondary N) is 1. The number of imidazole rings is 1. The van der Waals surface area contributed by atoms with Crippen LogP contribution in [0, 0.1) is 28.4 Å². The normalized spacial score (nSPS) is 12.2. The third-order valence-corrected chi connectivity index (χ3v) is 7.96. The van der Waals surface area contributed by atoms with Gasteiger partial charge in [-0.2, -0.15) is 5.26 Å². The molecular weight excluding hydrogens is 490 g/mol. The van der Waals surface area contributed by atoms with Crippen molar-refractivity contribution in [3.05, 3.63) is 82.7 Å². The van der Waals surface area contributed by atoms with Gasteiger partial charge in [0.1, 0.15) is 15.8 Å². The Morgan fingerprint density at radius 2 is 2.03 bits per heavy atom. The molecule has 0 aliphatic carbocycles. The fourth-order valence-corrected chi connectivity index (χ4v) is 5.43. The van der Waals surface area contributed by atoms with Crippen molar-refractivity contribution in [3.63, 3.8) is 0 Å². The van der Waals surface area contributed by atoms with Crippen molar-refractivity contribution in [3.8, 4) is 16.6 Å². The summed E-state index contributed by atoms with van der Waals surface area (Å²) in [4.78, 5) is 4.90. The number of pyridine rings is 1. The van der Waals surface area contributed by atoms with Crippen molar-refractivity contribution in [2.75, 3.05) is 6.26 Å². The standard InChI is InChI=1S/C22H13ClF2N4O2S2/c1-33(30,31)20-5-4-19(32-20)18-10-28-22-16(23)8-12(11-29(18)22)14(6-7-26)21(27)15-3-2-13(24)9-17(15)25/h2-6,8-11,27H,1H3/b14-6-,27-21?. The summed E-state index contributed by atoms with van der Waals surface area (Å²) in [5.41, 5.74) is 0.791. The molecule has 0 bridgehead atoms. The quantitative estimate of drug-likeness (QED) is 0.293. The first-order chi connectivity index (χ1) is 15.6. The van der Waals surface area contributed by atoms with E-state index in [-0.39, 0.29) is 26.1 Å². The van der Waals surface area contributed by atoms with Crippen LogP contribution >= 0.6 is 22.9 Å². The van der Waals surface area contributed by atoms with Crippen LogP contribution in [0.3, 0.4) is 0 Å². The van der Waals surface area contributed by atoms with E-state index in [1.54, 1.807) is 16.7 Å². The van der Waals surface area contributed by atoms with Gasteiger partial charge < -0.3 is 0 Å². The molecule has 33 heavy (non-hydrogen) atoms. The zero-order valence-electron chi connectivity index (χ0n) is 16.8. The lowest BCUT2D eigenvalue weighted by atomic mass is 9.96. The van der Waals surface area contributed by atoms with Gasteiger partial charge in [-0.05, 0) is 30.3 Å². The largest absolute Gasteiger partial charge is 0.299 e. The number of sulfone groups is 1. The van der Waals surface area contributed by atoms with Gasteiger partial charge in [0.05, 0.1) is 33.6 Å². The lowest BCUT2D eigenvalue weighted by Crippen LogP contribution is -2.07. The van der Waals surface area contributed by atoms with Gasteiger partial charge in [-0.25, -0.2) is 22.2 Å². The van der Waals surface area contributed by atoms with Crippen LogP contribution in [0.25, 0.3) is 21.8 Å². The van der Waals surface area contributed by atoms with Gasteiger partial charge in [0.25, 0.3) is 0 Å². The number of halogens is 3. The highest BCUT2D eigenvalue weighted by atomic mass is 35.5. The Morgan fingerprint density at radius 1 is 1.27 bits per heavy atom. The molecule has 1 N–H and O–H groups in total. The number of allylic oxidation sites excluding steroid dienone is 2. The van der Waals surface area contributed by atoms with Gasteiger partial charge in [-0.1, -0.05) is 11.6 Å². The Bertz CT molecular complexity index is 1620. The summed E-state index contributed by atoms with van der Waals surface area (Å²) in [5.74, 6) is -1.72. The highest BCUT2D eigenvalue weighted by Crippen LogP contribution is 2.34. The number of nitrogens with zero attached hydrogens (tertiary/aromatic N) is 3. The molecule has 166 valence electrons. The maximum Gasteiger partial charge on any atom is 0.184 e. The van der Waals surface area contributed by atoms with E-state index >= 15 is 0 Å². The predicted octanol–water partition coefficient (Wildman–Crippen LogP) is 5.37. The van der Waals surface area contributed by atoms with E-state index in [4.69, 9.17) is 17.0 Å². The molecule has 3 aromatic heterocycles. The predicted molar refractivity (Wildman–Crippen MR) is 123 cm³/mol. The Hall–Kier alpha value is -3.39. The number of nitriles is 1. The van der Waals surface area contributed by atoms with E-state index in [2.05, 4.69) is 4.98 Å². The summed E-state index contributed by atoms with van der Waals surface area (Å²) in [6.45, 7) is 0. The molecule has 4 rings (SSSR count). The molecule has 0 saturated heterocycles. The number of rotatable bonds is 5. The van der Waals surface area contributed by atoms with Gasteiger partial charge >= 0.3 is 0 Å². The molecule has 4 aromatic rings. The molecule has 0 saturated carbocycles. The average Bonchev–Trinajstić information content (AvgIpc) is 3.38. The molecule has 0 atom stereocenters. The first-order valence-corrected chi connectivity index (χ1v) is 12.3. The van der Waals surface area contributed by atoms with Crippen molar-refractivity contribution in [1.82, 2.24) is 9.38 Å². The number of aromatic nitrogens is 2. The van der Waals surface area contributed by atoms with Crippen molar-refractivity contribution in [2.24, 2.45) is 0 Å². The zero-order chi connectivity index (χ0) is 23.9. The fraction of sp³-hybridized carbons (Fsp3) is 0.0455. The maximum atomic E-state index is 14.3. The van der Waals surface area contributed by atoms with Crippen LogP contribution in [-0.4, -0.2) is 29.8 Å². The second kappa shape index (κ2) is 8.51. The lowest BCUT2D eigenvalue weighted by Gasteiger charge is -2.12. The van der Waals surface area contributed by atoms with Gasteiger partial charge in [0.2, 0.25) is 0 Å². The van der Waals surface area contributed by atoms with Crippen molar-refractivity contribution in [1.29, 1.82) is 10.7 Å². The van der Waals surface area contributed by atoms with Crippen LogP contribution in [0.15, 0.2) is 59.1 Å². The Balaban J connectivity index is 1.87. The minimum atomic E-state index is -3.39. The molecule has 1 aromatic carbocycles. The van der Waals surface area contributed by atoms with Gasteiger partial charge in [0.15, 0.2) is 15.5 Å². The monoisotopic (exact) mass is 502 g/mol. The molecule has 0 fully saturated rings.